The maximum absolute atomic E-state index is 4.40. The van der Waals surface area contributed by atoms with Gasteiger partial charge in [-0.15, -0.1) is 0 Å². The topological polar surface area (TPSA) is 24.9 Å². The molecule has 0 saturated carbocycles. The standard InChI is InChI=1S/C19H26N2/c1-4-9-20-12-15-10-19(14-21-13-15)18-8-7-16(5-2)17(6-3)11-18/h7-8,10-11,13-14,20H,4-6,9,12H2,1-3H3. The maximum Gasteiger partial charge on any atom is 0.0346 e. The summed E-state index contributed by atoms with van der Waals surface area (Å²) >= 11 is 0. The van der Waals surface area contributed by atoms with Crippen LogP contribution in [0, 0.1) is 0 Å². The molecule has 0 aliphatic rings. The van der Waals surface area contributed by atoms with Crippen molar-refractivity contribution in [3.05, 3.63) is 53.3 Å². The molecule has 1 N–H and O–H groups in total. The Morgan fingerprint density at radius 1 is 0.905 bits per heavy atom. The molecule has 0 bridgehead atoms. The molecule has 0 amide bonds. The van der Waals surface area contributed by atoms with Crippen LogP contribution in [0.4, 0.5) is 0 Å². The molecule has 2 nitrogen and oxygen atoms in total. The highest BCUT2D eigenvalue weighted by Gasteiger charge is 2.04. The van der Waals surface area contributed by atoms with Gasteiger partial charge in [0.25, 0.3) is 0 Å². The third-order valence-electron chi connectivity index (χ3n) is 3.85. The first-order valence-corrected chi connectivity index (χ1v) is 8.05. The van der Waals surface area contributed by atoms with Gasteiger partial charge >= 0.3 is 0 Å². The molecule has 2 rings (SSSR count). The molecule has 21 heavy (non-hydrogen) atoms. The summed E-state index contributed by atoms with van der Waals surface area (Å²) < 4.78 is 0. The van der Waals surface area contributed by atoms with Crippen molar-refractivity contribution in [1.29, 1.82) is 0 Å². The van der Waals surface area contributed by atoms with E-state index in [9.17, 15) is 0 Å². The molecular weight excluding hydrogens is 256 g/mol. The van der Waals surface area contributed by atoms with Crippen molar-refractivity contribution in [2.45, 2.75) is 46.6 Å². The lowest BCUT2D eigenvalue weighted by Gasteiger charge is -2.10. The lowest BCUT2D eigenvalue weighted by Crippen LogP contribution is -2.13. The van der Waals surface area contributed by atoms with E-state index >= 15 is 0 Å². The van der Waals surface area contributed by atoms with Crippen LogP contribution in [0.3, 0.4) is 0 Å². The summed E-state index contributed by atoms with van der Waals surface area (Å²) in [5, 5.41) is 3.43. The van der Waals surface area contributed by atoms with Gasteiger partial charge in [-0.05, 0) is 54.1 Å². The van der Waals surface area contributed by atoms with E-state index in [1.165, 1.54) is 27.8 Å². The van der Waals surface area contributed by atoms with E-state index in [-0.39, 0.29) is 0 Å². The number of aromatic nitrogens is 1. The van der Waals surface area contributed by atoms with E-state index in [2.05, 4.69) is 55.3 Å². The molecule has 2 aromatic rings. The zero-order valence-electron chi connectivity index (χ0n) is 13.4. The van der Waals surface area contributed by atoms with Crippen LogP contribution in [-0.2, 0) is 19.4 Å². The molecule has 1 heterocycles. The van der Waals surface area contributed by atoms with E-state index in [1.807, 2.05) is 12.4 Å². The van der Waals surface area contributed by atoms with Gasteiger partial charge in [0.15, 0.2) is 0 Å². The number of pyridine rings is 1. The molecule has 0 aliphatic carbocycles. The third kappa shape index (κ3) is 4.15. The Kier molecular flexibility index (Phi) is 5.94. The molecule has 2 heteroatoms. The second kappa shape index (κ2) is 7.94. The fourth-order valence-corrected chi connectivity index (χ4v) is 2.63. The van der Waals surface area contributed by atoms with Crippen LogP contribution in [-0.4, -0.2) is 11.5 Å². The van der Waals surface area contributed by atoms with Crippen molar-refractivity contribution in [2.75, 3.05) is 6.54 Å². The van der Waals surface area contributed by atoms with Crippen molar-refractivity contribution < 1.29 is 0 Å². The Labute approximate surface area is 128 Å². The van der Waals surface area contributed by atoms with Crippen molar-refractivity contribution in [2.24, 2.45) is 0 Å². The Balaban J connectivity index is 2.23. The van der Waals surface area contributed by atoms with Gasteiger partial charge in [0.2, 0.25) is 0 Å². The molecule has 1 aromatic heterocycles. The Morgan fingerprint density at radius 3 is 2.43 bits per heavy atom. The Morgan fingerprint density at radius 2 is 1.71 bits per heavy atom. The van der Waals surface area contributed by atoms with Crippen molar-refractivity contribution in [3.8, 4) is 11.1 Å². The zero-order valence-corrected chi connectivity index (χ0v) is 13.4. The molecule has 0 aliphatic heterocycles. The van der Waals surface area contributed by atoms with Crippen LogP contribution in [0.2, 0.25) is 0 Å². The highest BCUT2D eigenvalue weighted by molar-refractivity contribution is 5.64. The summed E-state index contributed by atoms with van der Waals surface area (Å²) in [6.07, 6.45) is 7.26. The molecule has 0 atom stereocenters. The van der Waals surface area contributed by atoms with Gasteiger partial charge in [0.1, 0.15) is 0 Å². The normalized spacial score (nSPS) is 10.8. The van der Waals surface area contributed by atoms with Crippen LogP contribution in [0.25, 0.3) is 11.1 Å². The number of nitrogens with zero attached hydrogens (tertiary/aromatic N) is 1. The van der Waals surface area contributed by atoms with Crippen molar-refractivity contribution in [3.63, 3.8) is 0 Å². The Hall–Kier alpha value is -1.67. The number of rotatable bonds is 7. The second-order valence-electron chi connectivity index (χ2n) is 5.45. The molecule has 0 spiro atoms. The molecule has 0 unspecified atom stereocenters. The zero-order chi connectivity index (χ0) is 15.1. The molecular formula is C19H26N2. The first kappa shape index (κ1) is 15.7. The van der Waals surface area contributed by atoms with Gasteiger partial charge in [-0.3, -0.25) is 4.98 Å². The van der Waals surface area contributed by atoms with Gasteiger partial charge in [0, 0.05) is 24.5 Å². The molecule has 0 saturated heterocycles. The van der Waals surface area contributed by atoms with Crippen LogP contribution >= 0.6 is 0 Å². The monoisotopic (exact) mass is 282 g/mol. The Bertz CT molecular complexity index is 576. The maximum atomic E-state index is 4.40. The minimum atomic E-state index is 0.891. The smallest absolute Gasteiger partial charge is 0.0346 e. The van der Waals surface area contributed by atoms with Crippen LogP contribution in [0.15, 0.2) is 36.7 Å². The van der Waals surface area contributed by atoms with Gasteiger partial charge in [-0.25, -0.2) is 0 Å². The van der Waals surface area contributed by atoms with Gasteiger partial charge in [0.05, 0.1) is 0 Å². The highest BCUT2D eigenvalue weighted by Crippen LogP contribution is 2.23. The lowest BCUT2D eigenvalue weighted by atomic mass is 9.97. The predicted molar refractivity (Wildman–Crippen MR) is 90.4 cm³/mol. The summed E-state index contributed by atoms with van der Waals surface area (Å²) in [5.41, 5.74) is 6.63. The van der Waals surface area contributed by atoms with Crippen molar-refractivity contribution >= 4 is 0 Å². The molecule has 0 radical (unpaired) electrons. The summed E-state index contributed by atoms with van der Waals surface area (Å²) in [7, 11) is 0. The number of nitrogens with one attached hydrogen (secondary N) is 1. The number of benzene rings is 1. The summed E-state index contributed by atoms with van der Waals surface area (Å²) in [4.78, 5) is 4.40. The largest absolute Gasteiger partial charge is 0.313 e. The van der Waals surface area contributed by atoms with E-state index in [1.54, 1.807) is 0 Å². The van der Waals surface area contributed by atoms with Gasteiger partial charge in [-0.2, -0.15) is 0 Å². The first-order chi connectivity index (χ1) is 10.3. The van der Waals surface area contributed by atoms with Gasteiger partial charge < -0.3 is 5.32 Å². The van der Waals surface area contributed by atoms with E-state index in [0.717, 1.165) is 32.4 Å². The average Bonchev–Trinajstić information content (AvgIpc) is 2.54. The number of hydrogen-bond donors (Lipinski definition) is 1. The second-order valence-corrected chi connectivity index (χ2v) is 5.45. The van der Waals surface area contributed by atoms with E-state index < -0.39 is 0 Å². The minimum Gasteiger partial charge on any atom is -0.313 e. The minimum absolute atomic E-state index is 0.891. The summed E-state index contributed by atoms with van der Waals surface area (Å²) in [6, 6.07) is 9.05. The molecule has 1 aromatic carbocycles. The quantitative estimate of drug-likeness (QED) is 0.763. The van der Waals surface area contributed by atoms with E-state index in [0.29, 0.717) is 0 Å². The highest BCUT2D eigenvalue weighted by atomic mass is 14.8. The first-order valence-electron chi connectivity index (χ1n) is 8.05. The third-order valence-corrected chi connectivity index (χ3v) is 3.85. The van der Waals surface area contributed by atoms with E-state index in [4.69, 9.17) is 0 Å². The number of hydrogen-bond acceptors (Lipinski definition) is 2. The van der Waals surface area contributed by atoms with Gasteiger partial charge in [-0.1, -0.05) is 39.0 Å². The van der Waals surface area contributed by atoms with Crippen LogP contribution in [0.1, 0.15) is 43.9 Å². The number of aryl methyl sites for hydroxylation is 2. The van der Waals surface area contributed by atoms with Crippen LogP contribution in [0.5, 0.6) is 0 Å². The van der Waals surface area contributed by atoms with Crippen LogP contribution < -0.4 is 5.32 Å². The summed E-state index contributed by atoms with van der Waals surface area (Å²) in [5.74, 6) is 0. The SMILES string of the molecule is CCCNCc1cncc(-c2ccc(CC)c(CC)c2)c1. The predicted octanol–water partition coefficient (Wildman–Crippen LogP) is 4.37. The summed E-state index contributed by atoms with van der Waals surface area (Å²) in [6.45, 7) is 8.57. The lowest BCUT2D eigenvalue weighted by molar-refractivity contribution is 0.674. The average molecular weight is 282 g/mol. The fourth-order valence-electron chi connectivity index (χ4n) is 2.63. The molecule has 112 valence electrons. The van der Waals surface area contributed by atoms with Crippen molar-refractivity contribution in [1.82, 2.24) is 10.3 Å². The molecule has 0 fully saturated rings. The fraction of sp³-hybridized carbons (Fsp3) is 0.421.